The van der Waals surface area contributed by atoms with E-state index in [1.54, 1.807) is 7.11 Å². The molecule has 0 heterocycles. The zero-order valence-electron chi connectivity index (χ0n) is 32.0. The van der Waals surface area contributed by atoms with Crippen molar-refractivity contribution >= 4 is 6.09 Å². The van der Waals surface area contributed by atoms with E-state index in [2.05, 4.69) is 67.8 Å². The van der Waals surface area contributed by atoms with E-state index in [4.69, 9.17) is 14.2 Å². The molecular weight excluding hydrogens is 594 g/mol. The van der Waals surface area contributed by atoms with Crippen LogP contribution in [0, 0.1) is 0 Å². The summed E-state index contributed by atoms with van der Waals surface area (Å²) >= 11 is 0. The number of ether oxygens (including phenoxy) is 3. The Hall–Kier alpha value is -1.85. The minimum atomic E-state index is -0.310. The fraction of sp³-hybridized carbons (Fsp3) is 0.791. The fourth-order valence-electron chi connectivity index (χ4n) is 5.69. The zero-order chi connectivity index (χ0) is 34.9. The van der Waals surface area contributed by atoms with Gasteiger partial charge in [0.15, 0.2) is 0 Å². The maximum absolute atomic E-state index is 12.5. The molecule has 0 aromatic rings. The van der Waals surface area contributed by atoms with E-state index >= 15 is 0 Å². The van der Waals surface area contributed by atoms with Crippen molar-refractivity contribution in [1.82, 2.24) is 5.32 Å². The molecule has 0 rings (SSSR count). The van der Waals surface area contributed by atoms with Crippen LogP contribution in [0.5, 0.6) is 0 Å². The Morgan fingerprint density at radius 2 is 0.896 bits per heavy atom. The molecular formula is C43H79NO4. The minimum Gasteiger partial charge on any atom is -0.447 e. The summed E-state index contributed by atoms with van der Waals surface area (Å²) in [5.41, 5.74) is 0. The van der Waals surface area contributed by atoms with Crippen LogP contribution in [0.1, 0.15) is 181 Å². The van der Waals surface area contributed by atoms with Crippen LogP contribution in [0.3, 0.4) is 0 Å². The first-order valence-corrected chi connectivity index (χ1v) is 20.3. The standard InChI is InChI=1S/C43H79NO4/c1-4-6-8-10-12-14-16-18-20-22-24-26-28-30-32-34-36-42(44-43(45)48-41-40-47-39-38-46-3)37-35-33-31-29-27-25-23-21-19-17-15-13-11-9-7-5-2/h12-15,18-21,42H,4-11,16-17,22-41H2,1-3H3,(H,44,45)/b14-12-,15-13-,20-18-,21-19-. The highest BCUT2D eigenvalue weighted by Gasteiger charge is 2.13. The van der Waals surface area contributed by atoms with Gasteiger partial charge < -0.3 is 19.5 Å². The van der Waals surface area contributed by atoms with Crippen LogP contribution in [0.4, 0.5) is 4.79 Å². The van der Waals surface area contributed by atoms with Gasteiger partial charge in [0, 0.05) is 13.2 Å². The van der Waals surface area contributed by atoms with Gasteiger partial charge in [0.05, 0.1) is 19.8 Å². The normalized spacial score (nSPS) is 12.2. The van der Waals surface area contributed by atoms with Crippen molar-refractivity contribution in [1.29, 1.82) is 0 Å². The lowest BCUT2D eigenvalue weighted by atomic mass is 10.00. The zero-order valence-corrected chi connectivity index (χ0v) is 32.0. The third kappa shape index (κ3) is 38.6. The topological polar surface area (TPSA) is 56.8 Å². The molecule has 1 N–H and O–H groups in total. The Balaban J connectivity index is 4.09. The maximum Gasteiger partial charge on any atom is 0.407 e. The van der Waals surface area contributed by atoms with Crippen molar-refractivity contribution in [3.05, 3.63) is 48.6 Å². The number of nitrogens with one attached hydrogen (secondary N) is 1. The molecule has 0 aliphatic rings. The Kier molecular flexibility index (Phi) is 39.7. The van der Waals surface area contributed by atoms with E-state index in [1.165, 1.54) is 128 Å². The summed E-state index contributed by atoms with van der Waals surface area (Å²) in [4.78, 5) is 12.5. The molecule has 280 valence electrons. The van der Waals surface area contributed by atoms with Crippen LogP contribution in [-0.4, -0.2) is 45.7 Å². The third-order valence-corrected chi connectivity index (χ3v) is 8.72. The van der Waals surface area contributed by atoms with E-state index in [-0.39, 0.29) is 18.7 Å². The first-order valence-electron chi connectivity index (χ1n) is 20.3. The van der Waals surface area contributed by atoms with E-state index in [1.807, 2.05) is 0 Å². The molecule has 0 bridgehead atoms. The second kappa shape index (κ2) is 41.3. The van der Waals surface area contributed by atoms with Gasteiger partial charge in [-0.2, -0.15) is 0 Å². The van der Waals surface area contributed by atoms with Crippen LogP contribution in [0.15, 0.2) is 48.6 Å². The molecule has 0 aliphatic heterocycles. The van der Waals surface area contributed by atoms with Crippen LogP contribution in [0.25, 0.3) is 0 Å². The van der Waals surface area contributed by atoms with Gasteiger partial charge in [-0.1, -0.05) is 152 Å². The highest BCUT2D eigenvalue weighted by Crippen LogP contribution is 2.16. The van der Waals surface area contributed by atoms with Crippen molar-refractivity contribution in [2.45, 2.75) is 187 Å². The summed E-state index contributed by atoms with van der Waals surface area (Å²) in [6.07, 6.45) is 50.5. The first-order chi connectivity index (χ1) is 23.7. The number of carbonyl (C=O) groups excluding carboxylic acids is 1. The third-order valence-electron chi connectivity index (χ3n) is 8.72. The SMILES string of the molecule is CCCCC/C=C\C/C=C\CCCCCCCCC(CCCCCCCC/C=C\C/C=C\CCCCC)NC(=O)OCCOCCOC. The second-order valence-corrected chi connectivity index (χ2v) is 13.3. The summed E-state index contributed by atoms with van der Waals surface area (Å²) in [7, 11) is 1.65. The Morgan fingerprint density at radius 1 is 0.500 bits per heavy atom. The molecule has 0 aromatic carbocycles. The molecule has 0 saturated carbocycles. The smallest absolute Gasteiger partial charge is 0.407 e. The Bertz CT molecular complexity index is 712. The number of unbranched alkanes of at least 4 members (excludes halogenated alkanes) is 18. The molecule has 0 unspecified atom stereocenters. The fourth-order valence-corrected chi connectivity index (χ4v) is 5.69. The average Bonchev–Trinajstić information content (AvgIpc) is 3.09. The molecule has 0 spiro atoms. The van der Waals surface area contributed by atoms with E-state index in [9.17, 15) is 4.79 Å². The van der Waals surface area contributed by atoms with Gasteiger partial charge in [0.1, 0.15) is 6.61 Å². The highest BCUT2D eigenvalue weighted by atomic mass is 16.6. The predicted octanol–water partition coefficient (Wildman–Crippen LogP) is 13.2. The molecule has 0 saturated heterocycles. The quantitative estimate of drug-likeness (QED) is 0.0527. The number of methoxy groups -OCH3 is 1. The summed E-state index contributed by atoms with van der Waals surface area (Å²) in [5, 5.41) is 3.16. The molecule has 0 fully saturated rings. The van der Waals surface area contributed by atoms with Crippen molar-refractivity contribution in [3.63, 3.8) is 0 Å². The van der Waals surface area contributed by atoms with E-state index in [0.29, 0.717) is 19.8 Å². The van der Waals surface area contributed by atoms with Gasteiger partial charge in [-0.15, -0.1) is 0 Å². The molecule has 0 radical (unpaired) electrons. The van der Waals surface area contributed by atoms with Gasteiger partial charge in [0.25, 0.3) is 0 Å². The molecule has 0 atom stereocenters. The van der Waals surface area contributed by atoms with E-state index < -0.39 is 0 Å². The Morgan fingerprint density at radius 3 is 1.33 bits per heavy atom. The van der Waals surface area contributed by atoms with Gasteiger partial charge in [0.2, 0.25) is 0 Å². The lowest BCUT2D eigenvalue weighted by Crippen LogP contribution is -2.36. The molecule has 5 heteroatoms. The first kappa shape index (κ1) is 46.1. The van der Waals surface area contributed by atoms with Crippen molar-refractivity contribution < 1.29 is 19.0 Å². The molecule has 0 aliphatic carbocycles. The number of amides is 1. The summed E-state index contributed by atoms with van der Waals surface area (Å²) in [6, 6.07) is 0.198. The monoisotopic (exact) mass is 674 g/mol. The van der Waals surface area contributed by atoms with Gasteiger partial charge in [-0.05, 0) is 77.0 Å². The second-order valence-electron chi connectivity index (χ2n) is 13.3. The van der Waals surface area contributed by atoms with Crippen molar-refractivity contribution in [2.24, 2.45) is 0 Å². The average molecular weight is 674 g/mol. The Labute approximate surface area is 298 Å². The van der Waals surface area contributed by atoms with Crippen LogP contribution >= 0.6 is 0 Å². The molecule has 1 amide bonds. The number of rotatable bonds is 37. The predicted molar refractivity (Wildman–Crippen MR) is 209 cm³/mol. The summed E-state index contributed by atoms with van der Waals surface area (Å²) < 4.78 is 15.8. The van der Waals surface area contributed by atoms with Crippen molar-refractivity contribution in [3.8, 4) is 0 Å². The number of carbonyl (C=O) groups is 1. The number of alkyl carbamates (subject to hydrolysis) is 1. The molecule has 48 heavy (non-hydrogen) atoms. The summed E-state index contributed by atoms with van der Waals surface area (Å²) in [5.74, 6) is 0. The highest BCUT2D eigenvalue weighted by molar-refractivity contribution is 5.67. The van der Waals surface area contributed by atoms with Gasteiger partial charge in [-0.3, -0.25) is 0 Å². The van der Waals surface area contributed by atoms with Crippen LogP contribution in [-0.2, 0) is 14.2 Å². The number of hydrogen-bond acceptors (Lipinski definition) is 4. The minimum absolute atomic E-state index is 0.198. The van der Waals surface area contributed by atoms with Crippen LogP contribution < -0.4 is 5.32 Å². The van der Waals surface area contributed by atoms with Gasteiger partial charge in [-0.25, -0.2) is 4.79 Å². The summed E-state index contributed by atoms with van der Waals surface area (Å²) in [6.45, 7) is 6.26. The number of allylic oxidation sites excluding steroid dienone is 8. The van der Waals surface area contributed by atoms with Crippen molar-refractivity contribution in [2.75, 3.05) is 33.5 Å². The van der Waals surface area contributed by atoms with Crippen LogP contribution in [0.2, 0.25) is 0 Å². The molecule has 5 nitrogen and oxygen atoms in total. The lowest BCUT2D eigenvalue weighted by molar-refractivity contribution is 0.0414. The molecule has 0 aromatic heterocycles. The largest absolute Gasteiger partial charge is 0.447 e. The lowest BCUT2D eigenvalue weighted by Gasteiger charge is -2.19. The maximum atomic E-state index is 12.5. The van der Waals surface area contributed by atoms with E-state index in [0.717, 1.165) is 38.5 Å². The number of hydrogen-bond donors (Lipinski definition) is 1. The van der Waals surface area contributed by atoms with Gasteiger partial charge >= 0.3 is 6.09 Å².